The van der Waals surface area contributed by atoms with Gasteiger partial charge in [0.15, 0.2) is 0 Å². The Bertz CT molecular complexity index is 484. The Kier molecular flexibility index (Phi) is 5.62. The van der Waals surface area contributed by atoms with Crippen molar-refractivity contribution in [2.75, 3.05) is 11.9 Å². The van der Waals surface area contributed by atoms with E-state index >= 15 is 0 Å². The van der Waals surface area contributed by atoms with Crippen LogP contribution in [0.2, 0.25) is 0 Å². The zero-order chi connectivity index (χ0) is 13.6. The molecular weight excluding hydrogens is 248 g/mol. The molecule has 0 aromatic heterocycles. The predicted molar refractivity (Wildman–Crippen MR) is 75.2 cm³/mol. The molecule has 18 heavy (non-hydrogen) atoms. The predicted octanol–water partition coefficient (Wildman–Crippen LogP) is 2.63. The zero-order valence-corrected chi connectivity index (χ0v) is 11.9. The van der Waals surface area contributed by atoms with Crippen molar-refractivity contribution in [1.82, 2.24) is 0 Å². The van der Waals surface area contributed by atoms with Gasteiger partial charge in [0.2, 0.25) is 10.0 Å². The van der Waals surface area contributed by atoms with E-state index in [1.54, 1.807) is 13.0 Å². The van der Waals surface area contributed by atoms with Crippen molar-refractivity contribution in [2.24, 2.45) is 5.14 Å². The van der Waals surface area contributed by atoms with Gasteiger partial charge < -0.3 is 5.32 Å². The molecule has 3 N–H and O–H groups in total. The minimum atomic E-state index is -3.64. The third kappa shape index (κ3) is 4.31. The molecule has 0 saturated heterocycles. The number of hydrogen-bond donors (Lipinski definition) is 2. The molecule has 1 aromatic rings. The molecular formula is C13H22N2O2S. The molecule has 0 fully saturated rings. The normalized spacial score (nSPS) is 11.5. The molecule has 1 aromatic carbocycles. The molecule has 0 unspecified atom stereocenters. The van der Waals surface area contributed by atoms with E-state index in [-0.39, 0.29) is 4.90 Å². The van der Waals surface area contributed by atoms with E-state index in [2.05, 4.69) is 12.2 Å². The van der Waals surface area contributed by atoms with Gasteiger partial charge in [0.1, 0.15) is 0 Å². The summed E-state index contributed by atoms with van der Waals surface area (Å²) in [5.41, 5.74) is 1.54. The summed E-state index contributed by atoms with van der Waals surface area (Å²) in [7, 11) is -3.64. The molecule has 0 bridgehead atoms. The largest absolute Gasteiger partial charge is 0.385 e. The van der Waals surface area contributed by atoms with Crippen molar-refractivity contribution >= 4 is 15.7 Å². The first kappa shape index (κ1) is 15.0. The highest BCUT2D eigenvalue weighted by Gasteiger charge is 2.13. The minimum absolute atomic E-state index is 0.195. The fraction of sp³-hybridized carbons (Fsp3) is 0.538. The topological polar surface area (TPSA) is 72.2 Å². The molecule has 0 aliphatic heterocycles. The minimum Gasteiger partial charge on any atom is -0.385 e. The lowest BCUT2D eigenvalue weighted by molar-refractivity contribution is 0.597. The van der Waals surface area contributed by atoms with Crippen LogP contribution in [0.25, 0.3) is 0 Å². The smallest absolute Gasteiger partial charge is 0.238 e. The average molecular weight is 270 g/mol. The fourth-order valence-corrected chi connectivity index (χ4v) is 2.69. The van der Waals surface area contributed by atoms with Crippen molar-refractivity contribution in [3.63, 3.8) is 0 Å². The van der Waals surface area contributed by atoms with Gasteiger partial charge in [0.05, 0.1) is 4.90 Å². The quantitative estimate of drug-likeness (QED) is 0.748. The lowest BCUT2D eigenvalue weighted by atomic mass is 10.2. The number of unbranched alkanes of at least 4 members (excludes halogenated alkanes) is 3. The maximum absolute atomic E-state index is 11.4. The number of anilines is 1. The van der Waals surface area contributed by atoms with Crippen LogP contribution in [0.15, 0.2) is 23.1 Å². The van der Waals surface area contributed by atoms with Gasteiger partial charge in [-0.05, 0) is 31.0 Å². The second kappa shape index (κ2) is 6.75. The second-order valence-electron chi connectivity index (χ2n) is 4.46. The molecule has 0 spiro atoms. The molecule has 4 nitrogen and oxygen atoms in total. The van der Waals surface area contributed by atoms with E-state index in [9.17, 15) is 8.42 Å². The number of sulfonamides is 1. The van der Waals surface area contributed by atoms with Gasteiger partial charge in [-0.3, -0.25) is 0 Å². The van der Waals surface area contributed by atoms with E-state index in [4.69, 9.17) is 5.14 Å². The summed E-state index contributed by atoms with van der Waals surface area (Å²) in [4.78, 5) is 0.195. The molecule has 0 aliphatic rings. The summed E-state index contributed by atoms with van der Waals surface area (Å²) in [6, 6.07) is 5.12. The highest BCUT2D eigenvalue weighted by Crippen LogP contribution is 2.21. The van der Waals surface area contributed by atoms with Crippen LogP contribution in [-0.2, 0) is 10.0 Å². The van der Waals surface area contributed by atoms with Gasteiger partial charge in [-0.15, -0.1) is 0 Å². The van der Waals surface area contributed by atoms with Crippen molar-refractivity contribution in [3.8, 4) is 0 Å². The van der Waals surface area contributed by atoms with Crippen LogP contribution >= 0.6 is 0 Å². The Morgan fingerprint density at radius 2 is 1.94 bits per heavy atom. The fourth-order valence-electron chi connectivity index (χ4n) is 1.89. The highest BCUT2D eigenvalue weighted by molar-refractivity contribution is 7.89. The van der Waals surface area contributed by atoms with Crippen LogP contribution in [0.3, 0.4) is 0 Å². The maximum Gasteiger partial charge on any atom is 0.238 e. The van der Waals surface area contributed by atoms with Crippen LogP contribution < -0.4 is 10.5 Å². The molecule has 102 valence electrons. The van der Waals surface area contributed by atoms with Crippen LogP contribution in [-0.4, -0.2) is 15.0 Å². The molecule has 0 atom stereocenters. The van der Waals surface area contributed by atoms with Gasteiger partial charge in [0, 0.05) is 12.2 Å². The Labute approximate surface area is 110 Å². The first-order chi connectivity index (χ1) is 8.46. The molecule has 1 rings (SSSR count). The summed E-state index contributed by atoms with van der Waals surface area (Å²) in [6.07, 6.45) is 4.72. The first-order valence-corrected chi connectivity index (χ1v) is 7.87. The average Bonchev–Trinajstić information content (AvgIpc) is 2.29. The number of nitrogens with one attached hydrogen (secondary N) is 1. The van der Waals surface area contributed by atoms with Crippen molar-refractivity contribution in [1.29, 1.82) is 0 Å². The van der Waals surface area contributed by atoms with Crippen molar-refractivity contribution < 1.29 is 8.42 Å². The summed E-state index contributed by atoms with van der Waals surface area (Å²) < 4.78 is 22.7. The first-order valence-electron chi connectivity index (χ1n) is 6.33. The van der Waals surface area contributed by atoms with Crippen LogP contribution in [0.4, 0.5) is 5.69 Å². The number of nitrogens with two attached hydrogens (primary N) is 1. The number of primary sulfonamides is 1. The van der Waals surface area contributed by atoms with Crippen LogP contribution in [0.5, 0.6) is 0 Å². The standard InChI is InChI=1S/C13H22N2O2S/c1-3-4-5-6-10-15-12-8-7-9-13(11(12)2)18(14,16)17/h7-9,15H,3-6,10H2,1-2H3,(H2,14,16,17). The van der Waals surface area contributed by atoms with Gasteiger partial charge in [-0.1, -0.05) is 32.3 Å². The summed E-state index contributed by atoms with van der Waals surface area (Å²) in [5, 5.41) is 8.43. The van der Waals surface area contributed by atoms with Gasteiger partial charge in [-0.25, -0.2) is 13.6 Å². The van der Waals surface area contributed by atoms with Crippen LogP contribution in [0.1, 0.15) is 38.2 Å². The van der Waals surface area contributed by atoms with E-state index in [0.29, 0.717) is 5.56 Å². The SMILES string of the molecule is CCCCCCNc1cccc(S(N)(=O)=O)c1C. The molecule has 0 amide bonds. The lowest BCUT2D eigenvalue weighted by Gasteiger charge is -2.12. The Hall–Kier alpha value is -1.07. The Morgan fingerprint density at radius 3 is 2.56 bits per heavy atom. The Balaban J connectivity index is 2.67. The van der Waals surface area contributed by atoms with E-state index in [1.165, 1.54) is 25.3 Å². The number of benzene rings is 1. The third-order valence-corrected chi connectivity index (χ3v) is 3.99. The van der Waals surface area contributed by atoms with Crippen molar-refractivity contribution in [2.45, 2.75) is 44.4 Å². The number of hydrogen-bond acceptors (Lipinski definition) is 3. The number of rotatable bonds is 7. The summed E-state index contributed by atoms with van der Waals surface area (Å²) in [6.45, 7) is 4.80. The second-order valence-corrected chi connectivity index (χ2v) is 5.99. The van der Waals surface area contributed by atoms with Gasteiger partial charge in [-0.2, -0.15) is 0 Å². The Morgan fingerprint density at radius 1 is 1.22 bits per heavy atom. The third-order valence-electron chi connectivity index (χ3n) is 2.94. The molecule has 5 heteroatoms. The van der Waals surface area contributed by atoms with Gasteiger partial charge >= 0.3 is 0 Å². The molecule has 0 radical (unpaired) electrons. The van der Waals surface area contributed by atoms with Crippen LogP contribution in [0, 0.1) is 6.92 Å². The van der Waals surface area contributed by atoms with E-state index < -0.39 is 10.0 Å². The maximum atomic E-state index is 11.4. The monoisotopic (exact) mass is 270 g/mol. The van der Waals surface area contributed by atoms with E-state index in [0.717, 1.165) is 18.7 Å². The zero-order valence-electron chi connectivity index (χ0n) is 11.1. The summed E-state index contributed by atoms with van der Waals surface area (Å²) in [5.74, 6) is 0. The lowest BCUT2D eigenvalue weighted by Crippen LogP contribution is -2.14. The van der Waals surface area contributed by atoms with E-state index in [1.807, 2.05) is 6.07 Å². The molecule has 0 heterocycles. The molecule has 0 aliphatic carbocycles. The highest BCUT2D eigenvalue weighted by atomic mass is 32.2. The molecule has 0 saturated carbocycles. The van der Waals surface area contributed by atoms with Crippen molar-refractivity contribution in [3.05, 3.63) is 23.8 Å². The van der Waals surface area contributed by atoms with Gasteiger partial charge in [0.25, 0.3) is 0 Å². The summed E-state index contributed by atoms with van der Waals surface area (Å²) >= 11 is 0.